The molecule has 150 valence electrons. The second-order valence-electron chi connectivity index (χ2n) is 6.07. The highest BCUT2D eigenvalue weighted by atomic mass is 19.2. The Morgan fingerprint density at radius 1 is 1.11 bits per heavy atom. The third-order valence-corrected chi connectivity index (χ3v) is 4.12. The van der Waals surface area contributed by atoms with Crippen LogP contribution in [-0.2, 0) is 16.0 Å². The Bertz CT molecular complexity index is 859. The summed E-state index contributed by atoms with van der Waals surface area (Å²) < 4.78 is 45.6. The second-order valence-corrected chi connectivity index (χ2v) is 6.07. The normalized spacial score (nSPS) is 10.5. The average Bonchev–Trinajstić information content (AvgIpc) is 2.67. The van der Waals surface area contributed by atoms with Crippen molar-refractivity contribution in [2.75, 3.05) is 25.1 Å². The van der Waals surface area contributed by atoms with Crippen LogP contribution in [0.3, 0.4) is 0 Å². The van der Waals surface area contributed by atoms with Crippen LogP contribution in [0.15, 0.2) is 36.4 Å². The molecule has 0 unspecified atom stereocenters. The maximum atomic E-state index is 13.9. The highest BCUT2D eigenvalue weighted by Gasteiger charge is 2.21. The molecule has 1 N–H and O–H groups in total. The summed E-state index contributed by atoms with van der Waals surface area (Å²) in [7, 11) is 1.57. The number of ether oxygens (including phenoxy) is 1. The predicted octanol–water partition coefficient (Wildman–Crippen LogP) is 3.21. The minimum absolute atomic E-state index is 0.115. The van der Waals surface area contributed by atoms with Gasteiger partial charge in [0, 0.05) is 26.4 Å². The molecule has 28 heavy (non-hydrogen) atoms. The first kappa shape index (κ1) is 21.3. The fraction of sp³-hybridized carbons (Fsp3) is 0.300. The third-order valence-electron chi connectivity index (χ3n) is 4.12. The van der Waals surface area contributed by atoms with E-state index < -0.39 is 29.0 Å². The lowest BCUT2D eigenvalue weighted by atomic mass is 10.1. The standard InChI is InChI=1S/C20H21F3N2O3/c1-13(26)25(17-7-6-16(21)19(22)20(17)23)11-9-18(27)24-10-8-14-4-3-5-15(12-14)28-2/h3-7,12H,8-11H2,1-2H3,(H,24,27). The number of hydrogen-bond donors (Lipinski definition) is 1. The van der Waals surface area contributed by atoms with Gasteiger partial charge in [-0.3, -0.25) is 9.59 Å². The molecule has 0 saturated heterocycles. The van der Waals surface area contributed by atoms with Crippen LogP contribution in [0.1, 0.15) is 18.9 Å². The van der Waals surface area contributed by atoms with E-state index in [9.17, 15) is 22.8 Å². The minimum Gasteiger partial charge on any atom is -0.497 e. The molecule has 0 saturated carbocycles. The van der Waals surface area contributed by atoms with Crippen LogP contribution in [0.5, 0.6) is 5.75 Å². The summed E-state index contributed by atoms with van der Waals surface area (Å²) in [5, 5.41) is 2.70. The summed E-state index contributed by atoms with van der Waals surface area (Å²) in [6.07, 6.45) is 0.466. The van der Waals surface area contributed by atoms with Crippen LogP contribution in [0.2, 0.25) is 0 Å². The van der Waals surface area contributed by atoms with Crippen molar-refractivity contribution in [3.8, 4) is 5.75 Å². The Balaban J connectivity index is 1.90. The number of methoxy groups -OCH3 is 1. The first-order valence-corrected chi connectivity index (χ1v) is 8.64. The Hall–Kier alpha value is -3.03. The number of carbonyl (C=O) groups is 2. The Morgan fingerprint density at radius 2 is 1.86 bits per heavy atom. The van der Waals surface area contributed by atoms with Gasteiger partial charge < -0.3 is 15.0 Å². The molecule has 2 aromatic carbocycles. The summed E-state index contributed by atoms with van der Waals surface area (Å²) in [6, 6.07) is 9.12. The smallest absolute Gasteiger partial charge is 0.223 e. The molecule has 0 fully saturated rings. The van der Waals surface area contributed by atoms with Gasteiger partial charge >= 0.3 is 0 Å². The van der Waals surface area contributed by atoms with E-state index >= 15 is 0 Å². The number of hydrogen-bond acceptors (Lipinski definition) is 3. The van der Waals surface area contributed by atoms with Crippen molar-refractivity contribution in [3.05, 3.63) is 59.4 Å². The molecule has 5 nitrogen and oxygen atoms in total. The SMILES string of the molecule is COc1cccc(CCNC(=O)CCN(C(C)=O)c2ccc(F)c(F)c2F)c1. The van der Waals surface area contributed by atoms with Crippen molar-refractivity contribution in [1.29, 1.82) is 0 Å². The van der Waals surface area contributed by atoms with E-state index in [1.807, 2.05) is 24.3 Å². The molecule has 0 aliphatic heterocycles. The molecule has 0 spiro atoms. The Labute approximate surface area is 161 Å². The number of anilines is 1. The highest BCUT2D eigenvalue weighted by Crippen LogP contribution is 2.24. The van der Waals surface area contributed by atoms with E-state index in [0.29, 0.717) is 13.0 Å². The molecular weight excluding hydrogens is 373 g/mol. The molecule has 2 rings (SSSR count). The van der Waals surface area contributed by atoms with Crippen molar-refractivity contribution in [3.63, 3.8) is 0 Å². The van der Waals surface area contributed by atoms with Crippen molar-refractivity contribution in [2.45, 2.75) is 19.8 Å². The lowest BCUT2D eigenvalue weighted by molar-refractivity contribution is -0.121. The third kappa shape index (κ3) is 5.48. The van der Waals surface area contributed by atoms with Gasteiger partial charge in [0.2, 0.25) is 11.8 Å². The minimum atomic E-state index is -1.66. The van der Waals surface area contributed by atoms with Gasteiger partial charge in [-0.1, -0.05) is 12.1 Å². The van der Waals surface area contributed by atoms with Gasteiger partial charge in [-0.15, -0.1) is 0 Å². The first-order chi connectivity index (χ1) is 13.3. The number of carbonyl (C=O) groups excluding carboxylic acids is 2. The fourth-order valence-corrected chi connectivity index (χ4v) is 2.65. The van der Waals surface area contributed by atoms with Gasteiger partial charge in [-0.05, 0) is 36.2 Å². The van der Waals surface area contributed by atoms with Gasteiger partial charge in [-0.2, -0.15) is 0 Å². The van der Waals surface area contributed by atoms with Crippen LogP contribution >= 0.6 is 0 Å². The van der Waals surface area contributed by atoms with Crippen molar-refractivity contribution in [1.82, 2.24) is 5.32 Å². The number of halogens is 3. The van der Waals surface area contributed by atoms with Gasteiger partial charge in [0.25, 0.3) is 0 Å². The zero-order valence-corrected chi connectivity index (χ0v) is 15.6. The number of rotatable bonds is 8. The maximum absolute atomic E-state index is 13.9. The predicted molar refractivity (Wildman–Crippen MR) is 98.7 cm³/mol. The van der Waals surface area contributed by atoms with Crippen LogP contribution < -0.4 is 15.0 Å². The lowest BCUT2D eigenvalue weighted by Gasteiger charge is -2.21. The molecule has 2 amide bonds. The van der Waals surface area contributed by atoms with Gasteiger partial charge in [0.15, 0.2) is 17.5 Å². The monoisotopic (exact) mass is 394 g/mol. The molecular formula is C20H21F3N2O3. The van der Waals surface area contributed by atoms with Gasteiger partial charge in [0.05, 0.1) is 12.8 Å². The van der Waals surface area contributed by atoms with Crippen LogP contribution in [0.25, 0.3) is 0 Å². The van der Waals surface area contributed by atoms with E-state index in [1.165, 1.54) is 0 Å². The summed E-state index contributed by atoms with van der Waals surface area (Å²) in [6.45, 7) is 1.36. The van der Waals surface area contributed by atoms with E-state index in [4.69, 9.17) is 4.74 Å². The average molecular weight is 394 g/mol. The number of benzene rings is 2. The molecule has 8 heteroatoms. The molecule has 0 atom stereocenters. The molecule has 0 aliphatic carbocycles. The maximum Gasteiger partial charge on any atom is 0.223 e. The number of nitrogens with one attached hydrogen (secondary N) is 1. The zero-order valence-electron chi connectivity index (χ0n) is 15.6. The van der Waals surface area contributed by atoms with E-state index in [2.05, 4.69) is 5.32 Å². The molecule has 0 aromatic heterocycles. The summed E-state index contributed by atoms with van der Waals surface area (Å²) >= 11 is 0. The van der Waals surface area contributed by atoms with E-state index in [1.54, 1.807) is 7.11 Å². The topological polar surface area (TPSA) is 58.6 Å². The molecule has 0 heterocycles. The molecule has 0 bridgehead atoms. The molecule has 0 aliphatic rings. The summed E-state index contributed by atoms with van der Waals surface area (Å²) in [5.74, 6) is -4.69. The largest absolute Gasteiger partial charge is 0.497 e. The van der Waals surface area contributed by atoms with Crippen molar-refractivity contribution in [2.24, 2.45) is 0 Å². The Kier molecular flexibility index (Phi) is 7.43. The Morgan fingerprint density at radius 3 is 2.54 bits per heavy atom. The highest BCUT2D eigenvalue weighted by molar-refractivity contribution is 5.92. The second kappa shape index (κ2) is 9.77. The first-order valence-electron chi connectivity index (χ1n) is 8.64. The lowest BCUT2D eigenvalue weighted by Crippen LogP contribution is -2.35. The zero-order chi connectivity index (χ0) is 20.7. The quantitative estimate of drug-likeness (QED) is 0.700. The molecule has 0 radical (unpaired) electrons. The van der Waals surface area contributed by atoms with Gasteiger partial charge in [0.1, 0.15) is 5.75 Å². The summed E-state index contributed by atoms with van der Waals surface area (Å²) in [4.78, 5) is 24.7. The number of amides is 2. The number of nitrogens with zero attached hydrogens (tertiary/aromatic N) is 1. The van der Waals surface area contributed by atoms with Crippen LogP contribution in [-0.4, -0.2) is 32.0 Å². The van der Waals surface area contributed by atoms with Crippen molar-refractivity contribution >= 4 is 17.5 Å². The molecule has 2 aromatic rings. The van der Waals surface area contributed by atoms with Crippen LogP contribution in [0, 0.1) is 17.5 Å². The summed E-state index contributed by atoms with van der Waals surface area (Å²) in [5.41, 5.74) is 0.574. The van der Waals surface area contributed by atoms with Crippen molar-refractivity contribution < 1.29 is 27.5 Å². The van der Waals surface area contributed by atoms with Crippen LogP contribution in [0.4, 0.5) is 18.9 Å². The van der Waals surface area contributed by atoms with E-state index in [-0.39, 0.29) is 18.9 Å². The van der Waals surface area contributed by atoms with Gasteiger partial charge in [-0.25, -0.2) is 13.2 Å². The van der Waals surface area contributed by atoms with E-state index in [0.717, 1.165) is 35.3 Å². The fourth-order valence-electron chi connectivity index (χ4n) is 2.65.